The summed E-state index contributed by atoms with van der Waals surface area (Å²) >= 11 is 0. The number of fused-ring (bicyclic) bond motifs is 1. The van der Waals surface area contributed by atoms with Crippen LogP contribution in [0, 0.1) is 11.8 Å². The van der Waals surface area contributed by atoms with Crippen molar-refractivity contribution in [3.8, 4) is 0 Å². The SMILES string of the molecule is CC(C)CC(N)C(=O)NC(CC(=O)O)C(=O)NC(Cc1c[nH]c2ccccc12)C(=O)NC(C(=O)O)C(C)C. The molecule has 4 atom stereocenters. The molecule has 0 radical (unpaired) electrons. The Morgan fingerprint density at radius 2 is 1.50 bits per heavy atom. The molecule has 0 aliphatic carbocycles. The van der Waals surface area contributed by atoms with Crippen molar-refractivity contribution < 1.29 is 34.2 Å². The van der Waals surface area contributed by atoms with Crippen molar-refractivity contribution in [3.05, 3.63) is 36.0 Å². The van der Waals surface area contributed by atoms with Crippen LogP contribution in [0.15, 0.2) is 30.5 Å². The van der Waals surface area contributed by atoms with Crippen molar-refractivity contribution in [2.75, 3.05) is 0 Å². The summed E-state index contributed by atoms with van der Waals surface area (Å²) in [6, 6.07) is 2.38. The van der Waals surface area contributed by atoms with Gasteiger partial charge < -0.3 is 36.9 Å². The number of aromatic amines is 1. The lowest BCUT2D eigenvalue weighted by molar-refractivity contribution is -0.144. The van der Waals surface area contributed by atoms with E-state index in [2.05, 4.69) is 20.9 Å². The largest absolute Gasteiger partial charge is 0.481 e. The first-order valence-electron chi connectivity index (χ1n) is 12.5. The van der Waals surface area contributed by atoms with E-state index < -0.39 is 66.2 Å². The molecule has 8 N–H and O–H groups in total. The molecule has 0 spiro atoms. The topological polar surface area (TPSA) is 204 Å². The van der Waals surface area contributed by atoms with Gasteiger partial charge in [0, 0.05) is 23.5 Å². The fraction of sp³-hybridized carbons (Fsp3) is 0.500. The van der Waals surface area contributed by atoms with Gasteiger partial charge >= 0.3 is 11.9 Å². The van der Waals surface area contributed by atoms with Gasteiger partial charge in [-0.3, -0.25) is 19.2 Å². The molecule has 0 aliphatic rings. The standard InChI is InChI=1S/C26H37N5O7/c1-13(2)9-17(27)23(34)29-20(11-21(32)33)24(35)30-19(25(36)31-22(14(3)4)26(37)38)10-15-12-28-18-8-6-5-7-16(15)18/h5-8,12-14,17,19-20,22,28H,9-11,27H2,1-4H3,(H,29,34)(H,30,35)(H,31,36)(H,32,33)(H,37,38). The van der Waals surface area contributed by atoms with Crippen LogP contribution in [0.3, 0.4) is 0 Å². The number of carboxylic acids is 2. The van der Waals surface area contributed by atoms with Gasteiger partial charge in [-0.1, -0.05) is 45.9 Å². The molecule has 1 aromatic heterocycles. The van der Waals surface area contributed by atoms with Crippen molar-refractivity contribution >= 4 is 40.6 Å². The molecule has 0 saturated carbocycles. The Kier molecular flexibility index (Phi) is 10.8. The number of hydrogen-bond donors (Lipinski definition) is 7. The summed E-state index contributed by atoms with van der Waals surface area (Å²) in [7, 11) is 0. The summed E-state index contributed by atoms with van der Waals surface area (Å²) in [5, 5.41) is 27.0. The minimum atomic E-state index is -1.50. The number of nitrogens with two attached hydrogens (primary N) is 1. The van der Waals surface area contributed by atoms with E-state index in [0.717, 1.165) is 10.9 Å². The maximum Gasteiger partial charge on any atom is 0.326 e. The number of aromatic nitrogens is 1. The van der Waals surface area contributed by atoms with Gasteiger partial charge in [0.25, 0.3) is 0 Å². The van der Waals surface area contributed by atoms with Gasteiger partial charge in [-0.15, -0.1) is 0 Å². The second-order valence-electron chi connectivity index (χ2n) is 10.1. The lowest BCUT2D eigenvalue weighted by Gasteiger charge is -2.25. The van der Waals surface area contributed by atoms with Crippen LogP contribution in [0.4, 0.5) is 0 Å². The van der Waals surface area contributed by atoms with Crippen LogP contribution in [-0.2, 0) is 30.4 Å². The fourth-order valence-corrected chi connectivity index (χ4v) is 4.05. The van der Waals surface area contributed by atoms with Crippen molar-refractivity contribution in [2.45, 2.75) is 71.1 Å². The van der Waals surface area contributed by atoms with E-state index >= 15 is 0 Å². The van der Waals surface area contributed by atoms with E-state index in [1.807, 2.05) is 38.1 Å². The summed E-state index contributed by atoms with van der Waals surface area (Å²) < 4.78 is 0. The van der Waals surface area contributed by atoms with Crippen LogP contribution >= 0.6 is 0 Å². The first kappa shape index (κ1) is 30.3. The molecule has 3 amide bonds. The first-order chi connectivity index (χ1) is 17.8. The molecule has 0 aliphatic heterocycles. The van der Waals surface area contributed by atoms with E-state index in [4.69, 9.17) is 5.73 Å². The molecular formula is C26H37N5O7. The number of amides is 3. The summed E-state index contributed by atoms with van der Waals surface area (Å²) in [4.78, 5) is 65.2. The number of aliphatic carboxylic acids is 2. The molecule has 38 heavy (non-hydrogen) atoms. The molecule has 0 saturated heterocycles. The number of rotatable bonds is 14. The van der Waals surface area contributed by atoms with Crippen LogP contribution in [0.5, 0.6) is 0 Å². The number of carbonyl (C=O) groups is 5. The Morgan fingerprint density at radius 1 is 0.895 bits per heavy atom. The summed E-state index contributed by atoms with van der Waals surface area (Å²) in [5.74, 6) is -5.29. The van der Waals surface area contributed by atoms with Crippen molar-refractivity contribution in [2.24, 2.45) is 17.6 Å². The molecule has 208 valence electrons. The molecule has 0 fully saturated rings. The Morgan fingerprint density at radius 3 is 2.08 bits per heavy atom. The average Bonchev–Trinajstić information content (AvgIpc) is 3.23. The Balaban J connectivity index is 2.33. The van der Waals surface area contributed by atoms with Gasteiger partial charge in [-0.05, 0) is 29.9 Å². The van der Waals surface area contributed by atoms with E-state index in [1.54, 1.807) is 20.0 Å². The zero-order valence-corrected chi connectivity index (χ0v) is 22.0. The quantitative estimate of drug-likeness (QED) is 0.185. The number of benzene rings is 1. The van der Waals surface area contributed by atoms with Crippen LogP contribution in [0.25, 0.3) is 10.9 Å². The third-order valence-electron chi connectivity index (χ3n) is 6.04. The van der Waals surface area contributed by atoms with Gasteiger partial charge in [0.2, 0.25) is 17.7 Å². The van der Waals surface area contributed by atoms with Crippen LogP contribution in [0.1, 0.15) is 46.1 Å². The van der Waals surface area contributed by atoms with E-state index in [-0.39, 0.29) is 12.3 Å². The van der Waals surface area contributed by atoms with E-state index in [1.165, 1.54) is 0 Å². The van der Waals surface area contributed by atoms with Gasteiger partial charge in [0.15, 0.2) is 0 Å². The van der Waals surface area contributed by atoms with Crippen molar-refractivity contribution in [1.29, 1.82) is 0 Å². The van der Waals surface area contributed by atoms with Crippen LogP contribution < -0.4 is 21.7 Å². The minimum absolute atomic E-state index is 0.0212. The highest BCUT2D eigenvalue weighted by Gasteiger charge is 2.32. The second kappa shape index (κ2) is 13.6. The molecule has 12 heteroatoms. The maximum atomic E-state index is 13.2. The molecular weight excluding hydrogens is 494 g/mol. The number of para-hydroxylation sites is 1. The number of carboxylic acid groups (broad SMARTS) is 2. The molecule has 2 aromatic rings. The summed E-state index contributed by atoms with van der Waals surface area (Å²) in [6.45, 7) is 6.99. The molecule has 4 unspecified atom stereocenters. The number of carbonyl (C=O) groups excluding carboxylic acids is 3. The number of H-pyrrole nitrogens is 1. The van der Waals surface area contributed by atoms with E-state index in [0.29, 0.717) is 12.0 Å². The minimum Gasteiger partial charge on any atom is -0.481 e. The third kappa shape index (κ3) is 8.58. The van der Waals surface area contributed by atoms with Gasteiger partial charge in [0.1, 0.15) is 18.1 Å². The molecule has 2 rings (SSSR count). The highest BCUT2D eigenvalue weighted by Crippen LogP contribution is 2.19. The third-order valence-corrected chi connectivity index (χ3v) is 6.04. The maximum absolute atomic E-state index is 13.2. The van der Waals surface area contributed by atoms with E-state index in [9.17, 15) is 34.2 Å². The average molecular weight is 532 g/mol. The van der Waals surface area contributed by atoms with Gasteiger partial charge in [-0.2, -0.15) is 0 Å². The predicted octanol–water partition coefficient (Wildman–Crippen LogP) is 0.754. The highest BCUT2D eigenvalue weighted by atomic mass is 16.4. The molecule has 12 nitrogen and oxygen atoms in total. The lowest BCUT2D eigenvalue weighted by Crippen LogP contribution is -2.58. The zero-order valence-electron chi connectivity index (χ0n) is 22.0. The Bertz CT molecular complexity index is 1160. The van der Waals surface area contributed by atoms with Crippen LogP contribution in [-0.4, -0.2) is 69.0 Å². The lowest BCUT2D eigenvalue weighted by atomic mass is 10.0. The summed E-state index contributed by atoms with van der Waals surface area (Å²) in [6.07, 6.45) is 1.24. The first-order valence-corrected chi connectivity index (χ1v) is 12.5. The predicted molar refractivity (Wildman–Crippen MR) is 140 cm³/mol. The Hall–Kier alpha value is -3.93. The molecule has 1 aromatic carbocycles. The van der Waals surface area contributed by atoms with Gasteiger partial charge in [-0.25, -0.2) is 4.79 Å². The zero-order chi connectivity index (χ0) is 28.6. The molecule has 1 heterocycles. The number of hydrogen-bond acceptors (Lipinski definition) is 6. The number of nitrogens with one attached hydrogen (secondary N) is 4. The normalized spacial score (nSPS) is 14.5. The smallest absolute Gasteiger partial charge is 0.326 e. The van der Waals surface area contributed by atoms with Crippen LogP contribution in [0.2, 0.25) is 0 Å². The fourth-order valence-electron chi connectivity index (χ4n) is 4.05. The van der Waals surface area contributed by atoms with Crippen molar-refractivity contribution in [3.63, 3.8) is 0 Å². The van der Waals surface area contributed by atoms with Gasteiger partial charge in [0.05, 0.1) is 12.5 Å². The monoisotopic (exact) mass is 531 g/mol. The summed E-state index contributed by atoms with van der Waals surface area (Å²) in [5.41, 5.74) is 7.36. The second-order valence-corrected chi connectivity index (χ2v) is 10.1. The Labute approximate surface area is 220 Å². The van der Waals surface area contributed by atoms with Crippen molar-refractivity contribution in [1.82, 2.24) is 20.9 Å². The highest BCUT2D eigenvalue weighted by molar-refractivity contribution is 5.96. The molecule has 0 bridgehead atoms.